The molecule has 0 spiro atoms. The minimum atomic E-state index is -1.30. The minimum absolute atomic E-state index is 0.168. The molecule has 21 heavy (non-hydrogen) atoms. The largest absolute Gasteiger partial charge is 0.476 e. The molecule has 0 saturated heterocycles. The number of hydrogen-bond acceptors (Lipinski definition) is 5. The summed E-state index contributed by atoms with van der Waals surface area (Å²) in [6.45, 7) is 3.38. The molecule has 0 unspecified atom stereocenters. The van der Waals surface area contributed by atoms with Gasteiger partial charge in [-0.1, -0.05) is 19.1 Å². The van der Waals surface area contributed by atoms with Gasteiger partial charge in [-0.2, -0.15) is 0 Å². The Hall–Kier alpha value is -2.84. The summed E-state index contributed by atoms with van der Waals surface area (Å²) in [5.41, 5.74) is -0.681. The lowest BCUT2D eigenvalue weighted by Gasteiger charge is -2.10. The fraction of sp³-hybridized carbons (Fsp3) is 0.250. The van der Waals surface area contributed by atoms with Crippen molar-refractivity contribution in [2.75, 3.05) is 0 Å². The smallest absolute Gasteiger partial charge is 0.358 e. The third kappa shape index (κ3) is 2.57. The topological polar surface area (TPSA) is 111 Å². The Morgan fingerprint density at radius 1 is 1.48 bits per heavy atom. The third-order valence-electron chi connectivity index (χ3n) is 2.82. The van der Waals surface area contributed by atoms with Crippen LogP contribution < -0.4 is 0 Å². The van der Waals surface area contributed by atoms with Gasteiger partial charge < -0.3 is 5.11 Å². The maximum absolute atomic E-state index is 13.9. The van der Waals surface area contributed by atoms with Gasteiger partial charge >= 0.3 is 5.97 Å². The highest BCUT2D eigenvalue weighted by molar-refractivity contribution is 5.86. The van der Waals surface area contributed by atoms with Crippen molar-refractivity contribution < 1.29 is 19.2 Å². The lowest BCUT2D eigenvalue weighted by Crippen LogP contribution is -2.10. The number of benzene rings is 1. The number of carboxylic acid groups (broad SMARTS) is 1. The molecule has 2 rings (SSSR count). The zero-order valence-electron chi connectivity index (χ0n) is 11.1. The molecule has 1 aromatic heterocycles. The maximum atomic E-state index is 13.9. The maximum Gasteiger partial charge on any atom is 0.358 e. The van der Waals surface area contributed by atoms with Crippen molar-refractivity contribution in [1.29, 1.82) is 0 Å². The van der Waals surface area contributed by atoms with Crippen molar-refractivity contribution in [3.05, 3.63) is 45.5 Å². The predicted octanol–water partition coefficient (Wildman–Crippen LogP) is 2.14. The van der Waals surface area contributed by atoms with Crippen LogP contribution in [-0.4, -0.2) is 31.0 Å². The first-order valence-electron chi connectivity index (χ1n) is 5.96. The van der Waals surface area contributed by atoms with Gasteiger partial charge in [0.05, 0.1) is 10.6 Å². The quantitative estimate of drug-likeness (QED) is 0.683. The molecule has 0 bridgehead atoms. The van der Waals surface area contributed by atoms with Crippen LogP contribution in [0.15, 0.2) is 18.2 Å². The molecule has 1 aromatic carbocycles. The number of nitro benzene ring substituents is 1. The number of carbonyl (C=O) groups is 1. The molecule has 0 aliphatic rings. The summed E-state index contributed by atoms with van der Waals surface area (Å²) in [4.78, 5) is 21.2. The number of aromatic carboxylic acids is 1. The van der Waals surface area contributed by atoms with Crippen LogP contribution in [0.2, 0.25) is 0 Å². The van der Waals surface area contributed by atoms with E-state index in [2.05, 4.69) is 10.3 Å². The van der Waals surface area contributed by atoms with Gasteiger partial charge in [-0.05, 0) is 12.0 Å². The molecule has 0 saturated carbocycles. The Balaban J connectivity index is 2.70. The summed E-state index contributed by atoms with van der Waals surface area (Å²) in [6, 6.07) is 2.93. The fourth-order valence-electron chi connectivity index (χ4n) is 1.91. The van der Waals surface area contributed by atoms with Crippen LogP contribution >= 0.6 is 0 Å². The molecule has 0 amide bonds. The highest BCUT2D eigenvalue weighted by Crippen LogP contribution is 2.25. The normalized spacial score (nSPS) is 10.9. The van der Waals surface area contributed by atoms with E-state index in [1.807, 2.05) is 0 Å². The summed E-state index contributed by atoms with van der Waals surface area (Å²) >= 11 is 0. The SMILES string of the molecule is CC(C)c1c(C(=O)O)nnn1-c1cc([N+](=O)[O-])ccc1F. The van der Waals surface area contributed by atoms with E-state index < -0.39 is 16.7 Å². The Labute approximate surface area is 118 Å². The molecule has 0 radical (unpaired) electrons. The Morgan fingerprint density at radius 2 is 2.14 bits per heavy atom. The first-order chi connectivity index (χ1) is 9.82. The van der Waals surface area contributed by atoms with Crippen molar-refractivity contribution in [2.24, 2.45) is 0 Å². The minimum Gasteiger partial charge on any atom is -0.476 e. The van der Waals surface area contributed by atoms with E-state index >= 15 is 0 Å². The second-order valence-electron chi connectivity index (χ2n) is 4.59. The van der Waals surface area contributed by atoms with E-state index in [0.29, 0.717) is 0 Å². The molecule has 0 aliphatic carbocycles. The molecule has 0 atom stereocenters. The third-order valence-corrected chi connectivity index (χ3v) is 2.82. The molecule has 0 aliphatic heterocycles. The number of rotatable bonds is 4. The highest BCUT2D eigenvalue weighted by atomic mass is 19.1. The monoisotopic (exact) mass is 294 g/mol. The van der Waals surface area contributed by atoms with Crippen LogP contribution in [0.4, 0.5) is 10.1 Å². The molecule has 9 heteroatoms. The van der Waals surface area contributed by atoms with Crippen LogP contribution in [0.5, 0.6) is 0 Å². The van der Waals surface area contributed by atoms with Crippen molar-refractivity contribution in [3.8, 4) is 5.69 Å². The van der Waals surface area contributed by atoms with Gasteiger partial charge in [0.25, 0.3) is 5.69 Å². The molecule has 1 N–H and O–H groups in total. The molecule has 8 nitrogen and oxygen atoms in total. The van der Waals surface area contributed by atoms with Gasteiger partial charge in [0.1, 0.15) is 11.5 Å². The van der Waals surface area contributed by atoms with Crippen LogP contribution in [-0.2, 0) is 0 Å². The molecular weight excluding hydrogens is 283 g/mol. The number of aromatic nitrogens is 3. The zero-order chi connectivity index (χ0) is 15.7. The van der Waals surface area contributed by atoms with Gasteiger partial charge in [0.2, 0.25) is 0 Å². The van der Waals surface area contributed by atoms with Crippen LogP contribution in [0.1, 0.15) is 35.9 Å². The first-order valence-corrected chi connectivity index (χ1v) is 5.96. The zero-order valence-corrected chi connectivity index (χ0v) is 11.1. The van der Waals surface area contributed by atoms with E-state index in [0.717, 1.165) is 22.9 Å². The van der Waals surface area contributed by atoms with Crippen LogP contribution in [0, 0.1) is 15.9 Å². The molecule has 1 heterocycles. The van der Waals surface area contributed by atoms with E-state index in [1.54, 1.807) is 13.8 Å². The van der Waals surface area contributed by atoms with Gasteiger partial charge in [-0.15, -0.1) is 5.10 Å². The standard InChI is InChI=1S/C12H11FN4O4/c1-6(2)11-10(12(18)19)14-15-16(11)9-5-7(17(20)21)3-4-8(9)13/h3-6H,1-2H3,(H,18,19). The molecular formula is C12H11FN4O4. The summed E-state index contributed by atoms with van der Waals surface area (Å²) in [6.07, 6.45) is 0. The number of carboxylic acids is 1. The number of nitro groups is 1. The highest BCUT2D eigenvalue weighted by Gasteiger charge is 2.24. The van der Waals surface area contributed by atoms with Crippen LogP contribution in [0.3, 0.4) is 0 Å². The lowest BCUT2D eigenvalue weighted by atomic mass is 10.1. The van der Waals surface area contributed by atoms with Crippen molar-refractivity contribution in [2.45, 2.75) is 19.8 Å². The summed E-state index contributed by atoms with van der Waals surface area (Å²) < 4.78 is 14.9. The Kier molecular flexibility index (Phi) is 3.66. The van der Waals surface area contributed by atoms with Gasteiger partial charge in [0.15, 0.2) is 5.69 Å². The fourth-order valence-corrected chi connectivity index (χ4v) is 1.91. The van der Waals surface area contributed by atoms with Gasteiger partial charge in [-0.25, -0.2) is 13.9 Å². The number of nitrogens with zero attached hydrogens (tertiary/aromatic N) is 4. The first kappa shape index (κ1) is 14.6. The van der Waals surface area contributed by atoms with E-state index in [9.17, 15) is 19.3 Å². The average Bonchev–Trinajstić information content (AvgIpc) is 2.83. The Morgan fingerprint density at radius 3 is 2.67 bits per heavy atom. The van der Waals surface area contributed by atoms with Crippen LogP contribution in [0.25, 0.3) is 5.69 Å². The summed E-state index contributed by atoms with van der Waals surface area (Å²) in [7, 11) is 0. The van der Waals surface area contributed by atoms with E-state index in [4.69, 9.17) is 5.11 Å². The van der Waals surface area contributed by atoms with E-state index in [1.165, 1.54) is 0 Å². The van der Waals surface area contributed by atoms with E-state index in [-0.39, 0.29) is 28.7 Å². The van der Waals surface area contributed by atoms with Crippen molar-refractivity contribution in [3.63, 3.8) is 0 Å². The number of non-ortho nitro benzene ring substituents is 1. The van der Waals surface area contributed by atoms with Crippen molar-refractivity contribution >= 4 is 11.7 Å². The van der Waals surface area contributed by atoms with Gasteiger partial charge in [-0.3, -0.25) is 10.1 Å². The summed E-state index contributed by atoms with van der Waals surface area (Å²) in [5.74, 6) is -2.37. The number of hydrogen-bond donors (Lipinski definition) is 1. The second-order valence-corrected chi connectivity index (χ2v) is 4.59. The van der Waals surface area contributed by atoms with Gasteiger partial charge in [0, 0.05) is 12.1 Å². The second kappa shape index (κ2) is 5.27. The lowest BCUT2D eigenvalue weighted by molar-refractivity contribution is -0.384. The average molecular weight is 294 g/mol. The summed E-state index contributed by atoms with van der Waals surface area (Å²) in [5, 5.41) is 27.0. The molecule has 0 fully saturated rings. The van der Waals surface area contributed by atoms with Crippen molar-refractivity contribution in [1.82, 2.24) is 15.0 Å². The predicted molar refractivity (Wildman–Crippen MR) is 69.0 cm³/mol. The molecule has 110 valence electrons. The molecule has 2 aromatic rings. The number of halogens is 1. The Bertz CT molecular complexity index is 726.